The zero-order valence-corrected chi connectivity index (χ0v) is 12.4. The number of fused-ring (bicyclic) bond motifs is 1. The average molecular weight is 260 g/mol. The van der Waals surface area contributed by atoms with Crippen molar-refractivity contribution in [1.82, 2.24) is 4.90 Å². The van der Waals surface area contributed by atoms with Gasteiger partial charge in [0.25, 0.3) is 0 Å². The Bertz CT molecular complexity index is 468. The van der Waals surface area contributed by atoms with E-state index >= 15 is 0 Å². The molecular formula is C16H24N2O. The summed E-state index contributed by atoms with van der Waals surface area (Å²) < 4.78 is 0. The molecule has 0 aliphatic carbocycles. The molecule has 3 heteroatoms. The number of nitrogens with zero attached hydrogens (tertiary/aromatic N) is 1. The summed E-state index contributed by atoms with van der Waals surface area (Å²) in [6, 6.07) is 6.77. The summed E-state index contributed by atoms with van der Waals surface area (Å²) >= 11 is 0. The fourth-order valence-electron chi connectivity index (χ4n) is 2.51. The Labute approximate surface area is 116 Å². The van der Waals surface area contributed by atoms with Crippen LogP contribution >= 0.6 is 0 Å². The van der Waals surface area contributed by atoms with E-state index in [0.717, 1.165) is 18.8 Å². The molecule has 0 unspecified atom stereocenters. The predicted octanol–water partition coefficient (Wildman–Crippen LogP) is 3.40. The lowest BCUT2D eigenvalue weighted by atomic mass is 10.1. The number of benzene rings is 1. The maximum atomic E-state index is 11.6. The molecule has 1 aliphatic rings. The number of amides is 1. The quantitative estimate of drug-likeness (QED) is 0.900. The van der Waals surface area contributed by atoms with Crippen LogP contribution in [-0.4, -0.2) is 16.8 Å². The minimum atomic E-state index is 0.0868. The van der Waals surface area contributed by atoms with Crippen molar-refractivity contribution in [3.05, 3.63) is 29.3 Å². The van der Waals surface area contributed by atoms with Crippen molar-refractivity contribution in [2.24, 2.45) is 5.92 Å². The second-order valence-corrected chi connectivity index (χ2v) is 5.73. The van der Waals surface area contributed by atoms with Crippen molar-refractivity contribution in [3.8, 4) is 0 Å². The summed E-state index contributed by atoms with van der Waals surface area (Å²) in [7, 11) is 0. The highest BCUT2D eigenvalue weighted by Crippen LogP contribution is 2.31. The lowest BCUT2D eigenvalue weighted by molar-refractivity contribution is -0.115. The van der Waals surface area contributed by atoms with Gasteiger partial charge in [-0.15, -0.1) is 0 Å². The monoisotopic (exact) mass is 260 g/mol. The Hall–Kier alpha value is -1.35. The van der Waals surface area contributed by atoms with Gasteiger partial charge in [0.15, 0.2) is 0 Å². The Morgan fingerprint density at radius 3 is 2.68 bits per heavy atom. The van der Waals surface area contributed by atoms with Crippen LogP contribution in [-0.2, 0) is 17.9 Å². The molecule has 0 radical (unpaired) electrons. The maximum absolute atomic E-state index is 11.6. The van der Waals surface area contributed by atoms with Crippen LogP contribution in [0.1, 0.15) is 45.2 Å². The number of nitrogens with one attached hydrogen (secondary N) is 1. The molecule has 0 fully saturated rings. The van der Waals surface area contributed by atoms with Crippen LogP contribution in [0.5, 0.6) is 0 Å². The molecule has 0 spiro atoms. The number of carbonyl (C=O) groups is 1. The first-order chi connectivity index (χ1) is 9.02. The molecule has 1 aromatic rings. The number of hydrogen-bond acceptors (Lipinski definition) is 2. The molecule has 0 saturated carbocycles. The SMILES string of the molecule is CCC(=O)Nc1cccc2c1CN([C@H](C)C(C)C)C2. The van der Waals surface area contributed by atoms with Gasteiger partial charge in [-0.25, -0.2) is 0 Å². The van der Waals surface area contributed by atoms with E-state index in [-0.39, 0.29) is 5.91 Å². The molecule has 1 aromatic carbocycles. The van der Waals surface area contributed by atoms with E-state index < -0.39 is 0 Å². The zero-order valence-electron chi connectivity index (χ0n) is 12.4. The summed E-state index contributed by atoms with van der Waals surface area (Å²) in [5.41, 5.74) is 3.63. The Balaban J connectivity index is 2.18. The van der Waals surface area contributed by atoms with Crippen LogP contribution in [0.25, 0.3) is 0 Å². The zero-order chi connectivity index (χ0) is 14.0. The molecule has 1 N–H and O–H groups in total. The Morgan fingerprint density at radius 1 is 1.32 bits per heavy atom. The molecule has 1 atom stereocenters. The van der Waals surface area contributed by atoms with Crippen molar-refractivity contribution in [1.29, 1.82) is 0 Å². The van der Waals surface area contributed by atoms with Gasteiger partial charge >= 0.3 is 0 Å². The van der Waals surface area contributed by atoms with Gasteiger partial charge < -0.3 is 5.32 Å². The van der Waals surface area contributed by atoms with Crippen molar-refractivity contribution in [2.45, 2.75) is 53.2 Å². The molecule has 1 heterocycles. The Kier molecular flexibility index (Phi) is 4.25. The van der Waals surface area contributed by atoms with Crippen LogP contribution < -0.4 is 5.32 Å². The molecule has 19 heavy (non-hydrogen) atoms. The van der Waals surface area contributed by atoms with Gasteiger partial charge in [0.1, 0.15) is 0 Å². The van der Waals surface area contributed by atoms with Gasteiger partial charge in [-0.1, -0.05) is 32.9 Å². The maximum Gasteiger partial charge on any atom is 0.224 e. The summed E-state index contributed by atoms with van der Waals surface area (Å²) in [4.78, 5) is 14.1. The van der Waals surface area contributed by atoms with Gasteiger partial charge in [-0.3, -0.25) is 9.69 Å². The highest BCUT2D eigenvalue weighted by atomic mass is 16.1. The molecule has 0 aromatic heterocycles. The van der Waals surface area contributed by atoms with Crippen molar-refractivity contribution in [3.63, 3.8) is 0 Å². The van der Waals surface area contributed by atoms with E-state index in [1.807, 2.05) is 19.1 Å². The number of hydrogen-bond donors (Lipinski definition) is 1. The van der Waals surface area contributed by atoms with Gasteiger partial charge in [0, 0.05) is 31.2 Å². The fraction of sp³-hybridized carbons (Fsp3) is 0.562. The van der Waals surface area contributed by atoms with Crippen molar-refractivity contribution < 1.29 is 4.79 Å². The van der Waals surface area contributed by atoms with Crippen LogP contribution in [0.15, 0.2) is 18.2 Å². The van der Waals surface area contributed by atoms with Crippen molar-refractivity contribution in [2.75, 3.05) is 5.32 Å². The van der Waals surface area contributed by atoms with Gasteiger partial charge in [-0.2, -0.15) is 0 Å². The van der Waals surface area contributed by atoms with E-state index in [9.17, 15) is 4.79 Å². The van der Waals surface area contributed by atoms with Crippen molar-refractivity contribution >= 4 is 11.6 Å². The summed E-state index contributed by atoms with van der Waals surface area (Å²) in [5.74, 6) is 0.728. The largest absolute Gasteiger partial charge is 0.326 e. The third-order valence-electron chi connectivity index (χ3n) is 4.14. The first-order valence-corrected chi connectivity index (χ1v) is 7.17. The summed E-state index contributed by atoms with van der Waals surface area (Å²) in [5, 5.41) is 3.02. The van der Waals surface area contributed by atoms with Crippen LogP contribution in [0.4, 0.5) is 5.69 Å². The van der Waals surface area contributed by atoms with Crippen LogP contribution in [0, 0.1) is 5.92 Å². The fourth-order valence-corrected chi connectivity index (χ4v) is 2.51. The highest BCUT2D eigenvalue weighted by molar-refractivity contribution is 5.91. The number of anilines is 1. The van der Waals surface area contributed by atoms with Crippen LogP contribution in [0.2, 0.25) is 0 Å². The molecule has 104 valence electrons. The number of carbonyl (C=O) groups excluding carboxylic acids is 1. The Morgan fingerprint density at radius 2 is 2.05 bits per heavy atom. The van der Waals surface area contributed by atoms with E-state index in [1.165, 1.54) is 11.1 Å². The second-order valence-electron chi connectivity index (χ2n) is 5.73. The summed E-state index contributed by atoms with van der Waals surface area (Å²) in [6.45, 7) is 10.6. The van der Waals surface area contributed by atoms with E-state index in [0.29, 0.717) is 18.4 Å². The average Bonchev–Trinajstić information content (AvgIpc) is 2.82. The lowest BCUT2D eigenvalue weighted by Crippen LogP contribution is -2.32. The lowest BCUT2D eigenvalue weighted by Gasteiger charge is -2.27. The highest BCUT2D eigenvalue weighted by Gasteiger charge is 2.26. The molecule has 1 aliphatic heterocycles. The first kappa shape index (κ1) is 14.1. The second kappa shape index (κ2) is 5.74. The minimum absolute atomic E-state index is 0.0868. The summed E-state index contributed by atoms with van der Waals surface area (Å²) in [6.07, 6.45) is 0.524. The molecule has 2 rings (SSSR count). The third kappa shape index (κ3) is 2.98. The molecule has 1 amide bonds. The molecule has 3 nitrogen and oxygen atoms in total. The van der Waals surface area contributed by atoms with Gasteiger partial charge in [0.05, 0.1) is 0 Å². The smallest absolute Gasteiger partial charge is 0.224 e. The number of rotatable bonds is 4. The van der Waals surface area contributed by atoms with Gasteiger partial charge in [0.2, 0.25) is 5.91 Å². The topological polar surface area (TPSA) is 32.3 Å². The first-order valence-electron chi connectivity index (χ1n) is 7.17. The van der Waals surface area contributed by atoms with Gasteiger partial charge in [-0.05, 0) is 30.0 Å². The molecule has 0 saturated heterocycles. The molecular weight excluding hydrogens is 236 g/mol. The van der Waals surface area contributed by atoms with E-state index in [2.05, 4.69) is 37.1 Å². The normalized spacial score (nSPS) is 16.5. The standard InChI is InChI=1S/C16H24N2O/c1-5-16(19)17-15-8-6-7-13-9-18(10-14(13)15)12(4)11(2)3/h6-8,11-12H,5,9-10H2,1-4H3,(H,17,19)/t12-/m1/s1. The molecule has 0 bridgehead atoms. The predicted molar refractivity (Wildman–Crippen MR) is 78.9 cm³/mol. The van der Waals surface area contributed by atoms with Crippen LogP contribution in [0.3, 0.4) is 0 Å². The third-order valence-corrected chi connectivity index (χ3v) is 4.14. The van der Waals surface area contributed by atoms with E-state index in [4.69, 9.17) is 0 Å². The minimum Gasteiger partial charge on any atom is -0.326 e. The van der Waals surface area contributed by atoms with E-state index in [1.54, 1.807) is 0 Å².